The molecule has 126 valence electrons. The molecule has 1 aromatic carbocycles. The first-order valence-corrected chi connectivity index (χ1v) is 8.52. The lowest BCUT2D eigenvalue weighted by atomic mass is 9.95. The number of tetrazole rings is 1. The molecular weight excluding hydrogens is 328 g/mol. The summed E-state index contributed by atoms with van der Waals surface area (Å²) in [6, 6.07) is 5.76. The van der Waals surface area contributed by atoms with Gasteiger partial charge in [0, 0.05) is 18.0 Å². The third-order valence-corrected chi connectivity index (χ3v) is 5.05. The Hall–Kier alpha value is -1.99. The van der Waals surface area contributed by atoms with Crippen LogP contribution in [-0.2, 0) is 7.05 Å². The Morgan fingerprint density at radius 2 is 2.08 bits per heavy atom. The highest BCUT2D eigenvalue weighted by Gasteiger charge is 2.29. The van der Waals surface area contributed by atoms with Gasteiger partial charge in [0.05, 0.1) is 6.04 Å². The Morgan fingerprint density at radius 1 is 1.29 bits per heavy atom. The van der Waals surface area contributed by atoms with Crippen molar-refractivity contribution in [1.29, 1.82) is 0 Å². The van der Waals surface area contributed by atoms with Crippen molar-refractivity contribution < 1.29 is 4.42 Å². The van der Waals surface area contributed by atoms with Gasteiger partial charge in [0.15, 0.2) is 17.3 Å². The van der Waals surface area contributed by atoms with Gasteiger partial charge < -0.3 is 4.42 Å². The molecule has 24 heavy (non-hydrogen) atoms. The topological polar surface area (TPSA) is 72.9 Å². The molecule has 1 aliphatic rings. The number of oxazole rings is 1. The Bertz CT molecular complexity index is 851. The molecule has 3 heterocycles. The second-order valence-corrected chi connectivity index (χ2v) is 6.75. The molecular formula is C16H19ClN6O. The fourth-order valence-electron chi connectivity index (χ4n) is 3.38. The minimum Gasteiger partial charge on any atom is -0.440 e. The summed E-state index contributed by atoms with van der Waals surface area (Å²) in [6.07, 6.45) is 2.02. The van der Waals surface area contributed by atoms with E-state index in [0.29, 0.717) is 10.9 Å². The highest BCUT2D eigenvalue weighted by molar-refractivity contribution is 6.31. The molecule has 0 N–H and O–H groups in total. The molecule has 0 aliphatic carbocycles. The maximum absolute atomic E-state index is 6.02. The van der Waals surface area contributed by atoms with Gasteiger partial charge in [-0.15, -0.1) is 5.10 Å². The van der Waals surface area contributed by atoms with Gasteiger partial charge in [-0.25, -0.2) is 9.67 Å². The fourth-order valence-corrected chi connectivity index (χ4v) is 3.55. The number of piperidine rings is 1. The number of fused-ring (bicyclic) bond motifs is 1. The lowest BCUT2D eigenvalue weighted by Gasteiger charge is -2.34. The second-order valence-electron chi connectivity index (χ2n) is 6.31. The average molecular weight is 347 g/mol. The van der Waals surface area contributed by atoms with E-state index in [9.17, 15) is 0 Å². The molecule has 1 fully saturated rings. The van der Waals surface area contributed by atoms with E-state index in [2.05, 4.69) is 32.3 Å². The molecule has 1 saturated heterocycles. The first kappa shape index (κ1) is 15.5. The average Bonchev–Trinajstić information content (AvgIpc) is 3.20. The van der Waals surface area contributed by atoms with Crippen molar-refractivity contribution in [2.24, 2.45) is 7.05 Å². The molecule has 0 amide bonds. The summed E-state index contributed by atoms with van der Waals surface area (Å²) in [5, 5.41) is 12.5. The van der Waals surface area contributed by atoms with Crippen LogP contribution in [0.4, 0.5) is 0 Å². The quantitative estimate of drug-likeness (QED) is 0.726. The van der Waals surface area contributed by atoms with E-state index in [-0.39, 0.29) is 6.04 Å². The number of likely N-dealkylation sites (tertiary alicyclic amines) is 1. The van der Waals surface area contributed by atoms with E-state index >= 15 is 0 Å². The van der Waals surface area contributed by atoms with Gasteiger partial charge in [-0.1, -0.05) is 11.6 Å². The van der Waals surface area contributed by atoms with Crippen LogP contribution in [-0.4, -0.2) is 43.2 Å². The SMILES string of the molecule is C[C@@H](c1nnnn1C)N1CCC(c2nc3cc(Cl)ccc3o2)CC1. The molecule has 0 saturated carbocycles. The van der Waals surface area contributed by atoms with Gasteiger partial charge in [0.25, 0.3) is 0 Å². The maximum Gasteiger partial charge on any atom is 0.198 e. The van der Waals surface area contributed by atoms with Crippen LogP contribution in [0, 0.1) is 0 Å². The fraction of sp³-hybridized carbons (Fsp3) is 0.500. The molecule has 0 spiro atoms. The highest BCUT2D eigenvalue weighted by Crippen LogP contribution is 2.33. The van der Waals surface area contributed by atoms with Crippen molar-refractivity contribution in [3.05, 3.63) is 34.9 Å². The summed E-state index contributed by atoms with van der Waals surface area (Å²) < 4.78 is 7.66. The Morgan fingerprint density at radius 3 is 2.79 bits per heavy atom. The largest absolute Gasteiger partial charge is 0.440 e. The number of rotatable bonds is 3. The third kappa shape index (κ3) is 2.78. The number of benzene rings is 1. The van der Waals surface area contributed by atoms with E-state index in [1.54, 1.807) is 4.68 Å². The van der Waals surface area contributed by atoms with Crippen LogP contribution in [0.2, 0.25) is 5.02 Å². The minimum atomic E-state index is 0.202. The highest BCUT2D eigenvalue weighted by atomic mass is 35.5. The van der Waals surface area contributed by atoms with Crippen molar-refractivity contribution in [2.45, 2.75) is 31.7 Å². The predicted octanol–water partition coefficient (Wildman–Crippen LogP) is 2.95. The van der Waals surface area contributed by atoms with Crippen LogP contribution in [0.15, 0.2) is 22.6 Å². The van der Waals surface area contributed by atoms with Crippen LogP contribution < -0.4 is 0 Å². The third-order valence-electron chi connectivity index (χ3n) is 4.82. The number of halogens is 1. The normalized spacial score (nSPS) is 18.3. The predicted molar refractivity (Wildman–Crippen MR) is 89.8 cm³/mol. The summed E-state index contributed by atoms with van der Waals surface area (Å²) >= 11 is 6.02. The van der Waals surface area contributed by atoms with Gasteiger partial charge in [-0.2, -0.15) is 0 Å². The molecule has 2 aromatic heterocycles. The summed E-state index contributed by atoms with van der Waals surface area (Å²) in [5.74, 6) is 2.06. The Balaban J connectivity index is 1.46. The second kappa shape index (κ2) is 6.14. The van der Waals surface area contributed by atoms with Crippen LogP contribution >= 0.6 is 11.6 Å². The lowest BCUT2D eigenvalue weighted by Crippen LogP contribution is -2.36. The van der Waals surface area contributed by atoms with Crippen molar-refractivity contribution in [2.75, 3.05) is 13.1 Å². The Kier molecular flexibility index (Phi) is 3.97. The van der Waals surface area contributed by atoms with E-state index in [0.717, 1.165) is 48.7 Å². The zero-order chi connectivity index (χ0) is 16.7. The van der Waals surface area contributed by atoms with E-state index in [1.165, 1.54) is 0 Å². The van der Waals surface area contributed by atoms with Crippen molar-refractivity contribution in [3.63, 3.8) is 0 Å². The summed E-state index contributed by atoms with van der Waals surface area (Å²) in [7, 11) is 1.88. The van der Waals surface area contributed by atoms with Crippen molar-refractivity contribution >= 4 is 22.7 Å². The number of nitrogens with zero attached hydrogens (tertiary/aromatic N) is 6. The molecule has 1 aliphatic heterocycles. The minimum absolute atomic E-state index is 0.202. The van der Waals surface area contributed by atoms with Crippen molar-refractivity contribution in [3.8, 4) is 0 Å². The molecule has 1 atom stereocenters. The lowest BCUT2D eigenvalue weighted by molar-refractivity contribution is 0.147. The molecule has 7 nitrogen and oxygen atoms in total. The van der Waals surface area contributed by atoms with E-state index < -0.39 is 0 Å². The zero-order valence-corrected chi connectivity index (χ0v) is 14.4. The van der Waals surface area contributed by atoms with Crippen LogP contribution in [0.5, 0.6) is 0 Å². The van der Waals surface area contributed by atoms with Gasteiger partial charge >= 0.3 is 0 Å². The van der Waals surface area contributed by atoms with Crippen LogP contribution in [0.1, 0.15) is 43.4 Å². The Labute approximate surface area is 144 Å². The zero-order valence-electron chi connectivity index (χ0n) is 13.7. The molecule has 3 aromatic rings. The first-order chi connectivity index (χ1) is 11.6. The number of hydrogen-bond acceptors (Lipinski definition) is 6. The van der Waals surface area contributed by atoms with E-state index in [1.807, 2.05) is 25.2 Å². The van der Waals surface area contributed by atoms with Crippen LogP contribution in [0.25, 0.3) is 11.1 Å². The molecule has 8 heteroatoms. The summed E-state index contributed by atoms with van der Waals surface area (Å²) in [6.45, 7) is 4.09. The number of hydrogen-bond donors (Lipinski definition) is 0. The smallest absolute Gasteiger partial charge is 0.198 e. The monoisotopic (exact) mass is 346 g/mol. The van der Waals surface area contributed by atoms with Crippen LogP contribution in [0.3, 0.4) is 0 Å². The number of aromatic nitrogens is 5. The van der Waals surface area contributed by atoms with Gasteiger partial charge in [-0.05, 0) is 61.5 Å². The number of aryl methyl sites for hydroxylation is 1. The first-order valence-electron chi connectivity index (χ1n) is 8.14. The standard InChI is InChI=1S/C16H19ClN6O/c1-10(15-19-20-21-22(15)2)23-7-5-11(6-8-23)16-18-13-9-12(17)3-4-14(13)24-16/h3-4,9-11H,5-8H2,1-2H3/t10-/m0/s1. The molecule has 0 unspecified atom stereocenters. The summed E-state index contributed by atoms with van der Waals surface area (Å²) in [4.78, 5) is 7.03. The maximum atomic E-state index is 6.02. The van der Waals surface area contributed by atoms with E-state index in [4.69, 9.17) is 16.0 Å². The van der Waals surface area contributed by atoms with Gasteiger partial charge in [-0.3, -0.25) is 4.90 Å². The van der Waals surface area contributed by atoms with Gasteiger partial charge in [0.1, 0.15) is 5.52 Å². The van der Waals surface area contributed by atoms with Gasteiger partial charge in [0.2, 0.25) is 0 Å². The molecule has 0 bridgehead atoms. The van der Waals surface area contributed by atoms with Crippen molar-refractivity contribution in [1.82, 2.24) is 30.1 Å². The molecule has 0 radical (unpaired) electrons. The molecule has 4 rings (SSSR count). The summed E-state index contributed by atoms with van der Waals surface area (Å²) in [5.41, 5.74) is 1.63.